The van der Waals surface area contributed by atoms with Gasteiger partial charge in [0.25, 0.3) is 0 Å². The van der Waals surface area contributed by atoms with Crippen molar-refractivity contribution >= 4 is 5.91 Å². The number of amides is 1. The predicted molar refractivity (Wildman–Crippen MR) is 53.8 cm³/mol. The number of hydrogen-bond acceptors (Lipinski definition) is 2. The van der Waals surface area contributed by atoms with E-state index in [0.29, 0.717) is 17.9 Å². The van der Waals surface area contributed by atoms with Gasteiger partial charge in [-0.2, -0.15) is 0 Å². The van der Waals surface area contributed by atoms with E-state index < -0.39 is 0 Å². The summed E-state index contributed by atoms with van der Waals surface area (Å²) in [6.07, 6.45) is 4.79. The summed E-state index contributed by atoms with van der Waals surface area (Å²) in [5, 5.41) is 3.28. The number of carbonyl (C=O) groups is 1. The second kappa shape index (κ2) is 3.23. The molecule has 2 atom stereocenters. The zero-order chi connectivity index (χ0) is 9.54. The van der Waals surface area contributed by atoms with Gasteiger partial charge in [0.15, 0.2) is 0 Å². The third kappa shape index (κ3) is 1.26. The van der Waals surface area contributed by atoms with E-state index in [4.69, 9.17) is 0 Å². The molecule has 2 heterocycles. The molecule has 1 amide bonds. The maximum Gasteiger partial charge on any atom is 0.226 e. The molecule has 14 heavy (non-hydrogen) atoms. The van der Waals surface area contributed by atoms with E-state index in [0.717, 1.165) is 38.4 Å². The Morgan fingerprint density at radius 1 is 1.36 bits per heavy atom. The van der Waals surface area contributed by atoms with Gasteiger partial charge in [-0.1, -0.05) is 0 Å². The Bertz CT molecular complexity index is 250. The average molecular weight is 194 g/mol. The first-order chi connectivity index (χ1) is 6.84. The third-order valence-electron chi connectivity index (χ3n) is 4.12. The van der Waals surface area contributed by atoms with E-state index >= 15 is 0 Å². The number of carbonyl (C=O) groups excluding carboxylic acids is 1. The lowest BCUT2D eigenvalue weighted by atomic mass is 9.98. The molecule has 0 aromatic heterocycles. The molecule has 3 aliphatic rings. The van der Waals surface area contributed by atoms with Crippen LogP contribution in [0.4, 0.5) is 0 Å². The molecule has 1 N–H and O–H groups in total. The van der Waals surface area contributed by atoms with Crippen LogP contribution in [0.5, 0.6) is 0 Å². The molecular weight excluding hydrogens is 176 g/mol. The Labute approximate surface area is 84.8 Å². The van der Waals surface area contributed by atoms with Crippen LogP contribution in [-0.4, -0.2) is 36.5 Å². The summed E-state index contributed by atoms with van der Waals surface area (Å²) in [5.74, 6) is 1.69. The van der Waals surface area contributed by atoms with Gasteiger partial charge in [-0.25, -0.2) is 0 Å². The Morgan fingerprint density at radius 2 is 2.21 bits per heavy atom. The van der Waals surface area contributed by atoms with Crippen LogP contribution in [0.2, 0.25) is 0 Å². The lowest BCUT2D eigenvalue weighted by Crippen LogP contribution is -2.45. The average Bonchev–Trinajstić information content (AvgIpc) is 2.65. The molecule has 0 spiro atoms. The number of fused-ring (bicyclic) bond motifs is 2. The molecule has 2 unspecified atom stereocenters. The van der Waals surface area contributed by atoms with Crippen LogP contribution >= 0.6 is 0 Å². The van der Waals surface area contributed by atoms with Crippen molar-refractivity contribution in [2.24, 2.45) is 11.8 Å². The van der Waals surface area contributed by atoms with Gasteiger partial charge in [0, 0.05) is 18.5 Å². The number of nitrogens with zero attached hydrogens (tertiary/aromatic N) is 1. The van der Waals surface area contributed by atoms with Crippen molar-refractivity contribution < 1.29 is 4.79 Å². The van der Waals surface area contributed by atoms with E-state index in [1.807, 2.05) is 0 Å². The van der Waals surface area contributed by atoms with Crippen LogP contribution in [0.15, 0.2) is 0 Å². The molecule has 1 aliphatic carbocycles. The summed E-state index contributed by atoms with van der Waals surface area (Å²) in [6.45, 7) is 3.35. The lowest BCUT2D eigenvalue weighted by molar-refractivity contribution is -0.134. The summed E-state index contributed by atoms with van der Waals surface area (Å²) in [6, 6.07) is 0.612. The van der Waals surface area contributed by atoms with Crippen molar-refractivity contribution in [1.29, 1.82) is 0 Å². The second-order valence-corrected chi connectivity index (χ2v) is 5.01. The van der Waals surface area contributed by atoms with Gasteiger partial charge in [-0.15, -0.1) is 0 Å². The Kier molecular flexibility index (Phi) is 2.01. The van der Waals surface area contributed by atoms with Gasteiger partial charge in [-0.3, -0.25) is 4.79 Å². The number of rotatable bonds is 3. The van der Waals surface area contributed by atoms with Crippen LogP contribution in [0.25, 0.3) is 0 Å². The zero-order valence-corrected chi connectivity index (χ0v) is 8.54. The molecular formula is C11H18N2O. The number of piperidine rings is 1. The van der Waals surface area contributed by atoms with Gasteiger partial charge in [0.1, 0.15) is 0 Å². The molecule has 2 bridgehead atoms. The first kappa shape index (κ1) is 8.72. The minimum Gasteiger partial charge on any atom is -0.339 e. The fourth-order valence-electron chi connectivity index (χ4n) is 3.05. The highest BCUT2D eigenvalue weighted by Crippen LogP contribution is 2.38. The normalized spacial score (nSPS) is 36.6. The van der Waals surface area contributed by atoms with Crippen molar-refractivity contribution in [1.82, 2.24) is 10.2 Å². The van der Waals surface area contributed by atoms with Crippen molar-refractivity contribution in [3.8, 4) is 0 Å². The van der Waals surface area contributed by atoms with E-state index in [9.17, 15) is 4.79 Å². The van der Waals surface area contributed by atoms with Crippen LogP contribution in [0.3, 0.4) is 0 Å². The maximum absolute atomic E-state index is 11.8. The molecule has 1 saturated carbocycles. The molecule has 2 aliphatic heterocycles. The highest BCUT2D eigenvalue weighted by atomic mass is 16.2. The Morgan fingerprint density at radius 3 is 2.79 bits per heavy atom. The summed E-state index contributed by atoms with van der Waals surface area (Å²) in [5.41, 5.74) is 0. The molecule has 3 nitrogen and oxygen atoms in total. The van der Waals surface area contributed by atoms with Crippen molar-refractivity contribution in [2.45, 2.75) is 31.7 Å². The second-order valence-electron chi connectivity index (χ2n) is 5.01. The summed E-state index contributed by atoms with van der Waals surface area (Å²) >= 11 is 0. The van der Waals surface area contributed by atoms with Gasteiger partial charge >= 0.3 is 0 Å². The number of hydrogen-bond donors (Lipinski definition) is 1. The van der Waals surface area contributed by atoms with Gasteiger partial charge in [-0.05, 0) is 44.7 Å². The lowest BCUT2D eigenvalue weighted by Gasteiger charge is -2.32. The third-order valence-corrected chi connectivity index (χ3v) is 4.12. The number of likely N-dealkylation sites (tertiary alicyclic amines) is 1. The highest BCUT2D eigenvalue weighted by Gasteiger charge is 2.44. The fraction of sp³-hybridized carbons (Fsp3) is 0.909. The molecule has 0 aromatic carbocycles. The molecule has 0 aromatic rings. The molecule has 3 fully saturated rings. The van der Waals surface area contributed by atoms with E-state index in [1.165, 1.54) is 12.8 Å². The first-order valence-electron chi connectivity index (χ1n) is 5.86. The van der Waals surface area contributed by atoms with Crippen LogP contribution < -0.4 is 5.32 Å². The van der Waals surface area contributed by atoms with Crippen molar-refractivity contribution in [2.75, 3.05) is 19.6 Å². The van der Waals surface area contributed by atoms with E-state index in [2.05, 4.69) is 10.2 Å². The van der Waals surface area contributed by atoms with Crippen molar-refractivity contribution in [3.63, 3.8) is 0 Å². The monoisotopic (exact) mass is 194 g/mol. The molecule has 0 radical (unpaired) electrons. The quantitative estimate of drug-likeness (QED) is 0.714. The van der Waals surface area contributed by atoms with Crippen LogP contribution in [-0.2, 0) is 4.79 Å². The predicted octanol–water partition coefficient (Wildman–Crippen LogP) is 0.607. The summed E-state index contributed by atoms with van der Waals surface area (Å²) in [4.78, 5) is 14.0. The van der Waals surface area contributed by atoms with E-state index in [1.54, 1.807) is 0 Å². The standard InChI is InChI=1S/C11H18N2O/c14-11-9-1-2-10(5-9)13(11)4-3-8-6-12-7-8/h8-10,12H,1-7H2. The number of nitrogens with one attached hydrogen (secondary N) is 1. The first-order valence-corrected chi connectivity index (χ1v) is 5.86. The van der Waals surface area contributed by atoms with Gasteiger partial charge in [0.2, 0.25) is 5.91 Å². The highest BCUT2D eigenvalue weighted by molar-refractivity contribution is 5.82. The van der Waals surface area contributed by atoms with Crippen LogP contribution in [0, 0.1) is 11.8 Å². The largest absolute Gasteiger partial charge is 0.339 e. The summed E-state index contributed by atoms with van der Waals surface area (Å²) < 4.78 is 0. The van der Waals surface area contributed by atoms with E-state index in [-0.39, 0.29) is 0 Å². The zero-order valence-electron chi connectivity index (χ0n) is 8.54. The van der Waals surface area contributed by atoms with Gasteiger partial charge in [0.05, 0.1) is 0 Å². The minimum atomic E-state index is 0.402. The fourth-order valence-corrected chi connectivity index (χ4v) is 3.05. The van der Waals surface area contributed by atoms with Crippen LogP contribution in [0.1, 0.15) is 25.7 Å². The van der Waals surface area contributed by atoms with Gasteiger partial charge < -0.3 is 10.2 Å². The smallest absolute Gasteiger partial charge is 0.226 e. The van der Waals surface area contributed by atoms with Crippen molar-refractivity contribution in [3.05, 3.63) is 0 Å². The Hall–Kier alpha value is -0.570. The Balaban J connectivity index is 1.54. The minimum absolute atomic E-state index is 0.402. The molecule has 2 saturated heterocycles. The molecule has 78 valence electrons. The SMILES string of the molecule is O=C1C2CCC(C2)N1CCC1CNC1. The summed E-state index contributed by atoms with van der Waals surface area (Å²) in [7, 11) is 0. The topological polar surface area (TPSA) is 32.3 Å². The molecule has 3 rings (SSSR count). The maximum atomic E-state index is 11.8. The molecule has 3 heteroatoms.